The molecule has 1 N–H and O–H groups in total. The van der Waals surface area contributed by atoms with Gasteiger partial charge in [0.05, 0.1) is 0 Å². The average molecular weight is 242 g/mol. The molecule has 2 rings (SSSR count). The number of nitrogens with zero attached hydrogens (tertiary/aromatic N) is 1. The van der Waals surface area contributed by atoms with Gasteiger partial charge in [-0.05, 0) is 35.9 Å². The summed E-state index contributed by atoms with van der Waals surface area (Å²) >= 11 is 0. The summed E-state index contributed by atoms with van der Waals surface area (Å²) in [4.78, 5) is 15.4. The van der Waals surface area contributed by atoms with Crippen LogP contribution in [0, 0.1) is 5.82 Å². The number of amides is 1. The van der Waals surface area contributed by atoms with E-state index in [4.69, 9.17) is 0 Å². The van der Waals surface area contributed by atoms with Crippen LogP contribution in [-0.2, 0) is 4.79 Å². The fourth-order valence-electron chi connectivity index (χ4n) is 1.36. The molecule has 3 nitrogen and oxygen atoms in total. The van der Waals surface area contributed by atoms with E-state index >= 15 is 0 Å². The highest BCUT2D eigenvalue weighted by Gasteiger charge is 1.96. The van der Waals surface area contributed by atoms with Crippen LogP contribution in [-0.4, -0.2) is 10.9 Å². The molecule has 0 spiro atoms. The molecule has 90 valence electrons. The smallest absolute Gasteiger partial charge is 0.248 e. The van der Waals surface area contributed by atoms with Gasteiger partial charge < -0.3 is 5.32 Å². The first-order chi connectivity index (χ1) is 8.74. The third kappa shape index (κ3) is 3.52. The molecule has 2 aromatic rings. The third-order valence-electron chi connectivity index (χ3n) is 2.25. The van der Waals surface area contributed by atoms with Gasteiger partial charge in [0.2, 0.25) is 5.91 Å². The highest BCUT2D eigenvalue weighted by Crippen LogP contribution is 2.06. The number of benzene rings is 1. The molecule has 0 radical (unpaired) electrons. The second-order valence-corrected chi connectivity index (χ2v) is 3.61. The van der Waals surface area contributed by atoms with E-state index in [2.05, 4.69) is 10.3 Å². The summed E-state index contributed by atoms with van der Waals surface area (Å²) in [6.45, 7) is 0. The Morgan fingerprint density at radius 1 is 1.11 bits per heavy atom. The maximum Gasteiger partial charge on any atom is 0.248 e. The van der Waals surface area contributed by atoms with E-state index in [9.17, 15) is 9.18 Å². The second-order valence-electron chi connectivity index (χ2n) is 3.61. The number of rotatable bonds is 3. The fourth-order valence-corrected chi connectivity index (χ4v) is 1.36. The Bertz CT molecular complexity index is 550. The van der Waals surface area contributed by atoms with Crippen LogP contribution in [0.3, 0.4) is 0 Å². The van der Waals surface area contributed by atoms with Gasteiger partial charge in [-0.1, -0.05) is 12.1 Å². The van der Waals surface area contributed by atoms with Gasteiger partial charge in [-0.2, -0.15) is 0 Å². The Hall–Kier alpha value is -2.49. The predicted molar refractivity (Wildman–Crippen MR) is 68.3 cm³/mol. The molecule has 0 aliphatic heterocycles. The summed E-state index contributed by atoms with van der Waals surface area (Å²) in [6.07, 6.45) is 6.21. The van der Waals surface area contributed by atoms with Crippen LogP contribution in [0.1, 0.15) is 5.56 Å². The van der Waals surface area contributed by atoms with Crippen LogP contribution in [0.15, 0.2) is 54.9 Å². The minimum absolute atomic E-state index is 0.245. The van der Waals surface area contributed by atoms with Gasteiger partial charge in [-0.3, -0.25) is 9.78 Å². The van der Waals surface area contributed by atoms with Crippen LogP contribution in [0.5, 0.6) is 0 Å². The molecular formula is C14H11FN2O. The van der Waals surface area contributed by atoms with Crippen molar-refractivity contribution in [2.75, 3.05) is 5.32 Å². The molecule has 1 aromatic carbocycles. The van der Waals surface area contributed by atoms with Crippen molar-refractivity contribution >= 4 is 17.7 Å². The summed E-state index contributed by atoms with van der Waals surface area (Å²) in [6, 6.07) is 9.30. The molecule has 18 heavy (non-hydrogen) atoms. The van der Waals surface area contributed by atoms with E-state index in [1.165, 1.54) is 18.2 Å². The first-order valence-corrected chi connectivity index (χ1v) is 5.39. The zero-order chi connectivity index (χ0) is 12.8. The molecule has 1 amide bonds. The van der Waals surface area contributed by atoms with Gasteiger partial charge in [0.1, 0.15) is 5.82 Å². The van der Waals surface area contributed by atoms with E-state index in [1.807, 2.05) is 0 Å². The fraction of sp³-hybridized carbons (Fsp3) is 0. The quantitative estimate of drug-likeness (QED) is 0.841. The number of pyridine rings is 1. The molecule has 1 heterocycles. The van der Waals surface area contributed by atoms with Gasteiger partial charge in [0.15, 0.2) is 0 Å². The highest BCUT2D eigenvalue weighted by molar-refractivity contribution is 6.01. The van der Waals surface area contributed by atoms with Crippen molar-refractivity contribution in [1.29, 1.82) is 0 Å². The SMILES string of the molecule is O=C(/C=C/c1ccc(F)cc1)Nc1ccncc1. The molecule has 0 bridgehead atoms. The lowest BCUT2D eigenvalue weighted by molar-refractivity contribution is -0.111. The maximum absolute atomic E-state index is 12.7. The van der Waals surface area contributed by atoms with Gasteiger partial charge in [0.25, 0.3) is 0 Å². The zero-order valence-electron chi connectivity index (χ0n) is 9.51. The van der Waals surface area contributed by atoms with E-state index in [1.54, 1.807) is 42.7 Å². The Balaban J connectivity index is 1.97. The summed E-state index contributed by atoms with van der Waals surface area (Å²) in [5.74, 6) is -0.543. The molecule has 0 aliphatic rings. The minimum Gasteiger partial charge on any atom is -0.322 e. The molecule has 4 heteroatoms. The molecule has 0 unspecified atom stereocenters. The largest absolute Gasteiger partial charge is 0.322 e. The molecule has 0 atom stereocenters. The molecule has 1 aromatic heterocycles. The van der Waals surface area contributed by atoms with Gasteiger partial charge in [-0.25, -0.2) is 4.39 Å². The number of halogens is 1. The Kier molecular flexibility index (Phi) is 3.81. The van der Waals surface area contributed by atoms with Crippen molar-refractivity contribution < 1.29 is 9.18 Å². The summed E-state index contributed by atoms with van der Waals surface area (Å²) in [5, 5.41) is 2.68. The summed E-state index contributed by atoms with van der Waals surface area (Å²) in [7, 11) is 0. The topological polar surface area (TPSA) is 42.0 Å². The number of nitrogens with one attached hydrogen (secondary N) is 1. The molecule has 0 aliphatic carbocycles. The van der Waals surface area contributed by atoms with Crippen molar-refractivity contribution in [2.45, 2.75) is 0 Å². The van der Waals surface area contributed by atoms with Gasteiger partial charge >= 0.3 is 0 Å². The number of anilines is 1. The number of carbonyl (C=O) groups is 1. The molecule has 0 fully saturated rings. The van der Waals surface area contributed by atoms with Crippen molar-refractivity contribution in [3.8, 4) is 0 Å². The normalized spacial score (nSPS) is 10.5. The Morgan fingerprint density at radius 2 is 1.78 bits per heavy atom. The number of hydrogen-bond donors (Lipinski definition) is 1. The lowest BCUT2D eigenvalue weighted by atomic mass is 10.2. The van der Waals surface area contributed by atoms with E-state index in [0.29, 0.717) is 5.69 Å². The maximum atomic E-state index is 12.7. The first kappa shape index (κ1) is 12.0. The average Bonchev–Trinajstić information content (AvgIpc) is 2.39. The highest BCUT2D eigenvalue weighted by atomic mass is 19.1. The Morgan fingerprint density at radius 3 is 2.44 bits per heavy atom. The Labute approximate surface area is 104 Å². The van der Waals surface area contributed by atoms with Crippen molar-refractivity contribution in [2.24, 2.45) is 0 Å². The summed E-state index contributed by atoms with van der Waals surface area (Å²) in [5.41, 5.74) is 1.44. The number of aromatic nitrogens is 1. The van der Waals surface area contributed by atoms with E-state index in [-0.39, 0.29) is 11.7 Å². The molecule has 0 saturated heterocycles. The van der Waals surface area contributed by atoms with Gasteiger partial charge in [0, 0.05) is 24.2 Å². The lowest BCUT2D eigenvalue weighted by Crippen LogP contribution is -2.07. The predicted octanol–water partition coefficient (Wildman–Crippen LogP) is 2.87. The van der Waals surface area contributed by atoms with Crippen LogP contribution < -0.4 is 5.32 Å². The standard InChI is InChI=1S/C14H11FN2O/c15-12-4-1-11(2-5-12)3-6-14(18)17-13-7-9-16-10-8-13/h1-10H,(H,16,17,18)/b6-3+. The second kappa shape index (κ2) is 5.72. The third-order valence-corrected chi connectivity index (χ3v) is 2.25. The van der Waals surface area contributed by atoms with Crippen LogP contribution in [0.25, 0.3) is 6.08 Å². The van der Waals surface area contributed by atoms with Crippen molar-refractivity contribution in [3.05, 3.63) is 66.2 Å². The molecular weight excluding hydrogens is 231 g/mol. The first-order valence-electron chi connectivity index (χ1n) is 5.39. The number of hydrogen-bond acceptors (Lipinski definition) is 2. The number of carbonyl (C=O) groups excluding carboxylic acids is 1. The van der Waals surface area contributed by atoms with Gasteiger partial charge in [-0.15, -0.1) is 0 Å². The zero-order valence-corrected chi connectivity index (χ0v) is 9.51. The van der Waals surface area contributed by atoms with Crippen LogP contribution in [0.2, 0.25) is 0 Å². The lowest BCUT2D eigenvalue weighted by Gasteiger charge is -2.00. The van der Waals surface area contributed by atoms with Crippen LogP contribution >= 0.6 is 0 Å². The van der Waals surface area contributed by atoms with E-state index in [0.717, 1.165) is 5.56 Å². The summed E-state index contributed by atoms with van der Waals surface area (Å²) < 4.78 is 12.7. The van der Waals surface area contributed by atoms with E-state index < -0.39 is 0 Å². The molecule has 0 saturated carbocycles. The van der Waals surface area contributed by atoms with Crippen molar-refractivity contribution in [3.63, 3.8) is 0 Å². The monoisotopic (exact) mass is 242 g/mol. The van der Waals surface area contributed by atoms with Crippen molar-refractivity contribution in [1.82, 2.24) is 4.98 Å². The van der Waals surface area contributed by atoms with Crippen LogP contribution in [0.4, 0.5) is 10.1 Å². The minimum atomic E-state index is -0.298.